The van der Waals surface area contributed by atoms with Crippen LogP contribution in [0.15, 0.2) is 33.6 Å². The molecule has 2 rings (SSSR count). The average molecular weight is 264 g/mol. The summed E-state index contributed by atoms with van der Waals surface area (Å²) in [5, 5.41) is 20.1. The van der Waals surface area contributed by atoms with Crippen LogP contribution in [0.4, 0.5) is 0 Å². The van der Waals surface area contributed by atoms with E-state index < -0.39 is 17.6 Å². The van der Waals surface area contributed by atoms with Gasteiger partial charge in [0.15, 0.2) is 0 Å². The third kappa shape index (κ3) is 2.66. The maximum absolute atomic E-state index is 11.7. The standard InChI is InChI=1S/C12H12N2O5/c13-8(12(17)18)5-9-10(11(16)14-19-9)6-1-3-7(15)4-2-6/h1-4,8,15H,5,13H2,(H,14,16)(H,17,18). The summed E-state index contributed by atoms with van der Waals surface area (Å²) in [5.74, 6) is -0.946. The van der Waals surface area contributed by atoms with Gasteiger partial charge in [0.1, 0.15) is 17.6 Å². The molecule has 7 nitrogen and oxygen atoms in total. The van der Waals surface area contributed by atoms with Crippen molar-refractivity contribution in [1.29, 1.82) is 0 Å². The van der Waals surface area contributed by atoms with Crippen molar-refractivity contribution in [3.05, 3.63) is 40.4 Å². The van der Waals surface area contributed by atoms with Gasteiger partial charge < -0.3 is 20.5 Å². The third-order valence-corrected chi connectivity index (χ3v) is 2.65. The monoisotopic (exact) mass is 264 g/mol. The summed E-state index contributed by atoms with van der Waals surface area (Å²) < 4.78 is 4.96. The number of phenolic OH excluding ortho intramolecular Hbond substituents is 1. The molecule has 5 N–H and O–H groups in total. The zero-order valence-electron chi connectivity index (χ0n) is 9.79. The second kappa shape index (κ2) is 4.99. The number of aromatic hydroxyl groups is 1. The minimum absolute atomic E-state index is 0.0625. The lowest BCUT2D eigenvalue weighted by Crippen LogP contribution is -2.32. The topological polar surface area (TPSA) is 130 Å². The molecule has 1 aromatic heterocycles. The molecule has 0 aliphatic heterocycles. The molecular weight excluding hydrogens is 252 g/mol. The summed E-state index contributed by atoms with van der Waals surface area (Å²) >= 11 is 0. The molecule has 7 heteroatoms. The first-order chi connectivity index (χ1) is 8.99. The van der Waals surface area contributed by atoms with Crippen molar-refractivity contribution in [1.82, 2.24) is 5.16 Å². The molecule has 1 unspecified atom stereocenters. The van der Waals surface area contributed by atoms with Gasteiger partial charge in [-0.15, -0.1) is 0 Å². The van der Waals surface area contributed by atoms with Gasteiger partial charge in [-0.05, 0) is 17.7 Å². The Bertz CT molecular complexity index is 641. The van der Waals surface area contributed by atoms with Crippen LogP contribution in [-0.4, -0.2) is 27.4 Å². The Morgan fingerprint density at radius 1 is 1.37 bits per heavy atom. The Balaban J connectivity index is 2.40. The molecule has 0 fully saturated rings. The van der Waals surface area contributed by atoms with E-state index in [-0.39, 0.29) is 23.5 Å². The molecule has 19 heavy (non-hydrogen) atoms. The van der Waals surface area contributed by atoms with Crippen LogP contribution in [-0.2, 0) is 11.2 Å². The van der Waals surface area contributed by atoms with Crippen LogP contribution < -0.4 is 11.3 Å². The van der Waals surface area contributed by atoms with Crippen molar-refractivity contribution in [2.24, 2.45) is 5.73 Å². The van der Waals surface area contributed by atoms with Gasteiger partial charge in [0.25, 0.3) is 5.56 Å². The lowest BCUT2D eigenvalue weighted by molar-refractivity contribution is -0.138. The van der Waals surface area contributed by atoms with Crippen molar-refractivity contribution in [2.75, 3.05) is 0 Å². The van der Waals surface area contributed by atoms with Crippen LogP contribution in [0.1, 0.15) is 5.76 Å². The molecule has 0 bridgehead atoms. The number of H-pyrrole nitrogens is 1. The van der Waals surface area contributed by atoms with Gasteiger partial charge in [-0.2, -0.15) is 5.16 Å². The fraction of sp³-hybridized carbons (Fsp3) is 0.167. The van der Waals surface area contributed by atoms with Crippen molar-refractivity contribution in [2.45, 2.75) is 12.5 Å². The Morgan fingerprint density at radius 2 is 2.00 bits per heavy atom. The summed E-state index contributed by atoms with van der Waals surface area (Å²) in [4.78, 5) is 22.4. The Hall–Kier alpha value is -2.54. The van der Waals surface area contributed by atoms with Crippen molar-refractivity contribution in [3.63, 3.8) is 0 Å². The number of phenols is 1. The predicted molar refractivity (Wildman–Crippen MR) is 65.7 cm³/mol. The number of aromatic nitrogens is 1. The van der Waals surface area contributed by atoms with E-state index in [1.807, 2.05) is 0 Å². The zero-order valence-corrected chi connectivity index (χ0v) is 9.79. The molecule has 0 aliphatic rings. The highest BCUT2D eigenvalue weighted by atomic mass is 16.5. The van der Waals surface area contributed by atoms with Gasteiger partial charge in [-0.1, -0.05) is 12.1 Å². The Labute approximate surface area is 107 Å². The lowest BCUT2D eigenvalue weighted by Gasteiger charge is -2.05. The fourth-order valence-corrected chi connectivity index (χ4v) is 1.69. The minimum Gasteiger partial charge on any atom is -0.508 e. The van der Waals surface area contributed by atoms with E-state index in [0.29, 0.717) is 5.56 Å². The number of nitrogens with one attached hydrogen (secondary N) is 1. The number of aromatic amines is 1. The molecule has 0 amide bonds. The number of carboxylic acid groups (broad SMARTS) is 1. The first-order valence-corrected chi connectivity index (χ1v) is 5.47. The fourth-order valence-electron chi connectivity index (χ4n) is 1.69. The first-order valence-electron chi connectivity index (χ1n) is 5.47. The van der Waals surface area contributed by atoms with E-state index >= 15 is 0 Å². The van der Waals surface area contributed by atoms with Gasteiger partial charge in [0.05, 0.1) is 5.56 Å². The van der Waals surface area contributed by atoms with Crippen molar-refractivity contribution < 1.29 is 19.5 Å². The van der Waals surface area contributed by atoms with Crippen LogP contribution in [0, 0.1) is 0 Å². The van der Waals surface area contributed by atoms with E-state index in [2.05, 4.69) is 5.16 Å². The summed E-state index contributed by atoms with van der Waals surface area (Å²) in [7, 11) is 0. The van der Waals surface area contributed by atoms with Gasteiger partial charge in [-0.3, -0.25) is 9.59 Å². The van der Waals surface area contributed by atoms with Crippen molar-refractivity contribution in [3.8, 4) is 16.9 Å². The number of carbonyl (C=O) groups is 1. The Kier molecular flexibility index (Phi) is 3.39. The van der Waals surface area contributed by atoms with Gasteiger partial charge in [-0.25, -0.2) is 0 Å². The largest absolute Gasteiger partial charge is 0.508 e. The van der Waals surface area contributed by atoms with E-state index in [0.717, 1.165) is 0 Å². The number of aliphatic carboxylic acids is 1. The SMILES string of the molecule is NC(Cc1o[nH]c(=O)c1-c1ccc(O)cc1)C(=O)O. The maximum atomic E-state index is 11.7. The van der Waals surface area contributed by atoms with Gasteiger partial charge >= 0.3 is 5.97 Å². The highest BCUT2D eigenvalue weighted by Gasteiger charge is 2.21. The van der Waals surface area contributed by atoms with E-state index in [4.69, 9.17) is 15.4 Å². The number of hydrogen-bond donors (Lipinski definition) is 4. The van der Waals surface area contributed by atoms with E-state index in [1.54, 1.807) is 0 Å². The highest BCUT2D eigenvalue weighted by molar-refractivity contribution is 5.74. The van der Waals surface area contributed by atoms with E-state index in [1.165, 1.54) is 24.3 Å². The molecule has 0 saturated carbocycles. The van der Waals surface area contributed by atoms with Crippen LogP contribution in [0.2, 0.25) is 0 Å². The number of rotatable bonds is 4. The second-order valence-corrected chi connectivity index (χ2v) is 4.03. The molecule has 1 heterocycles. The molecular formula is C12H12N2O5. The normalized spacial score (nSPS) is 12.3. The minimum atomic E-state index is -1.18. The van der Waals surface area contributed by atoms with Crippen molar-refractivity contribution >= 4 is 5.97 Å². The number of hydrogen-bond acceptors (Lipinski definition) is 5. The maximum Gasteiger partial charge on any atom is 0.320 e. The molecule has 0 radical (unpaired) electrons. The second-order valence-electron chi connectivity index (χ2n) is 4.03. The zero-order chi connectivity index (χ0) is 14.0. The smallest absolute Gasteiger partial charge is 0.320 e. The Morgan fingerprint density at radius 3 is 2.58 bits per heavy atom. The molecule has 100 valence electrons. The highest BCUT2D eigenvalue weighted by Crippen LogP contribution is 2.23. The summed E-state index contributed by atoms with van der Waals surface area (Å²) in [5.41, 5.74) is 5.67. The average Bonchev–Trinajstić information content (AvgIpc) is 2.72. The molecule has 0 saturated heterocycles. The summed E-state index contributed by atoms with van der Waals surface area (Å²) in [6.45, 7) is 0. The first kappa shape index (κ1) is 12.9. The quantitative estimate of drug-likeness (QED) is 0.628. The number of nitrogens with two attached hydrogens (primary N) is 1. The molecule has 0 spiro atoms. The predicted octanol–water partition coefficient (Wildman–Crippen LogP) is 0.295. The van der Waals surface area contributed by atoms with Gasteiger partial charge in [0, 0.05) is 6.42 Å². The lowest BCUT2D eigenvalue weighted by atomic mass is 10.0. The number of carboxylic acids is 1. The van der Waals surface area contributed by atoms with Crippen LogP contribution in [0.25, 0.3) is 11.1 Å². The summed E-state index contributed by atoms with van der Waals surface area (Å²) in [6, 6.07) is 4.75. The third-order valence-electron chi connectivity index (χ3n) is 2.65. The molecule has 0 aliphatic carbocycles. The molecule has 1 aromatic carbocycles. The van der Waals surface area contributed by atoms with E-state index in [9.17, 15) is 14.7 Å². The summed E-state index contributed by atoms with van der Waals surface area (Å²) in [6.07, 6.45) is -0.107. The van der Waals surface area contributed by atoms with Crippen LogP contribution >= 0.6 is 0 Å². The van der Waals surface area contributed by atoms with Crippen LogP contribution in [0.3, 0.4) is 0 Å². The molecule has 1 atom stereocenters. The number of benzene rings is 1. The van der Waals surface area contributed by atoms with Crippen LogP contribution in [0.5, 0.6) is 5.75 Å². The molecule has 2 aromatic rings. The van der Waals surface area contributed by atoms with Gasteiger partial charge in [0.2, 0.25) is 0 Å².